The molecule has 0 aromatic heterocycles. The molecule has 124 valence electrons. The molecule has 2 aliphatic carbocycles. The van der Waals surface area contributed by atoms with E-state index >= 15 is 0 Å². The van der Waals surface area contributed by atoms with Crippen molar-refractivity contribution in [2.45, 2.75) is 71.1 Å². The van der Waals surface area contributed by atoms with Gasteiger partial charge in [0, 0.05) is 26.9 Å². The molecule has 2 saturated carbocycles. The van der Waals surface area contributed by atoms with Gasteiger partial charge in [-0.05, 0) is 62.2 Å². The van der Waals surface area contributed by atoms with Gasteiger partial charge in [-0.2, -0.15) is 0 Å². The van der Waals surface area contributed by atoms with Crippen LogP contribution in [0.5, 0.6) is 0 Å². The maximum absolute atomic E-state index is 5.94. The second-order valence-electron chi connectivity index (χ2n) is 7.51. The van der Waals surface area contributed by atoms with Gasteiger partial charge in [0.2, 0.25) is 0 Å². The molecule has 0 amide bonds. The van der Waals surface area contributed by atoms with E-state index in [0.29, 0.717) is 0 Å². The molecule has 0 aromatic carbocycles. The highest BCUT2D eigenvalue weighted by Crippen LogP contribution is 2.33. The Morgan fingerprint density at radius 3 is 2.14 bits per heavy atom. The van der Waals surface area contributed by atoms with Gasteiger partial charge in [0.1, 0.15) is 0 Å². The summed E-state index contributed by atoms with van der Waals surface area (Å²) in [5.74, 6) is 3.63. The number of hydrogen-bond acceptors (Lipinski definition) is 2. The molecule has 21 heavy (non-hydrogen) atoms. The van der Waals surface area contributed by atoms with Gasteiger partial charge < -0.3 is 9.47 Å². The van der Waals surface area contributed by atoms with Crippen molar-refractivity contribution in [1.82, 2.24) is 0 Å². The third-order valence-corrected chi connectivity index (χ3v) is 5.85. The van der Waals surface area contributed by atoms with E-state index in [2.05, 4.69) is 6.92 Å². The fraction of sp³-hybridized carbons (Fsp3) is 1.00. The van der Waals surface area contributed by atoms with E-state index in [4.69, 9.17) is 9.47 Å². The lowest BCUT2D eigenvalue weighted by molar-refractivity contribution is 0.0877. The Hall–Kier alpha value is -0.0800. The summed E-state index contributed by atoms with van der Waals surface area (Å²) in [6, 6.07) is 0. The summed E-state index contributed by atoms with van der Waals surface area (Å²) >= 11 is 0. The Bertz CT molecular complexity index is 258. The van der Waals surface area contributed by atoms with E-state index in [1.54, 1.807) is 0 Å². The minimum absolute atomic E-state index is 0.830. The fourth-order valence-electron chi connectivity index (χ4n) is 4.35. The van der Waals surface area contributed by atoms with Gasteiger partial charge in [0.25, 0.3) is 0 Å². The van der Waals surface area contributed by atoms with Crippen LogP contribution in [-0.4, -0.2) is 26.9 Å². The van der Waals surface area contributed by atoms with Crippen molar-refractivity contribution in [2.75, 3.05) is 26.9 Å². The number of hydrogen-bond donors (Lipinski definition) is 0. The molecule has 0 spiro atoms. The summed E-state index contributed by atoms with van der Waals surface area (Å²) in [7, 11) is 1.83. The molecular weight excluding hydrogens is 260 g/mol. The summed E-state index contributed by atoms with van der Waals surface area (Å²) in [6.07, 6.45) is 13.8. The molecule has 2 unspecified atom stereocenters. The molecular formula is C19H36O2. The predicted octanol–water partition coefficient (Wildman–Crippen LogP) is 5.06. The van der Waals surface area contributed by atoms with E-state index in [9.17, 15) is 0 Å². The van der Waals surface area contributed by atoms with Crippen molar-refractivity contribution in [1.29, 1.82) is 0 Å². The molecule has 2 heteroatoms. The summed E-state index contributed by atoms with van der Waals surface area (Å²) in [4.78, 5) is 0. The number of methoxy groups -OCH3 is 1. The van der Waals surface area contributed by atoms with E-state index in [-0.39, 0.29) is 0 Å². The van der Waals surface area contributed by atoms with Crippen LogP contribution in [-0.2, 0) is 9.47 Å². The lowest BCUT2D eigenvalue weighted by atomic mass is 9.80. The quantitative estimate of drug-likeness (QED) is 0.553. The van der Waals surface area contributed by atoms with Gasteiger partial charge in [0.15, 0.2) is 0 Å². The first-order valence-electron chi connectivity index (χ1n) is 9.38. The maximum Gasteiger partial charge on any atom is 0.0494 e. The van der Waals surface area contributed by atoms with Gasteiger partial charge in [0.05, 0.1) is 0 Å². The minimum atomic E-state index is 0.830. The Balaban J connectivity index is 1.44. The Labute approximate surface area is 132 Å². The van der Waals surface area contributed by atoms with Crippen LogP contribution in [0.2, 0.25) is 0 Å². The second kappa shape index (κ2) is 9.84. The van der Waals surface area contributed by atoms with Crippen LogP contribution < -0.4 is 0 Å². The van der Waals surface area contributed by atoms with Crippen molar-refractivity contribution in [2.24, 2.45) is 23.7 Å². The van der Waals surface area contributed by atoms with Crippen molar-refractivity contribution < 1.29 is 9.47 Å². The lowest BCUT2D eigenvalue weighted by Gasteiger charge is -2.28. The molecule has 0 bridgehead atoms. The van der Waals surface area contributed by atoms with Gasteiger partial charge in [-0.1, -0.05) is 32.6 Å². The van der Waals surface area contributed by atoms with Crippen LogP contribution in [0.4, 0.5) is 0 Å². The van der Waals surface area contributed by atoms with E-state index in [1.807, 2.05) is 7.11 Å². The zero-order valence-electron chi connectivity index (χ0n) is 14.3. The van der Waals surface area contributed by atoms with Gasteiger partial charge in [-0.25, -0.2) is 0 Å². The van der Waals surface area contributed by atoms with Crippen LogP contribution in [0, 0.1) is 23.7 Å². The molecule has 0 N–H and O–H groups in total. The third-order valence-electron chi connectivity index (χ3n) is 5.85. The van der Waals surface area contributed by atoms with Crippen molar-refractivity contribution in [3.05, 3.63) is 0 Å². The second-order valence-corrected chi connectivity index (χ2v) is 7.51. The largest absolute Gasteiger partial charge is 0.384 e. The Kier molecular flexibility index (Phi) is 8.10. The summed E-state index contributed by atoms with van der Waals surface area (Å²) < 4.78 is 11.2. The van der Waals surface area contributed by atoms with Gasteiger partial charge in [-0.3, -0.25) is 0 Å². The summed E-state index contributed by atoms with van der Waals surface area (Å²) in [5.41, 5.74) is 0. The predicted molar refractivity (Wildman–Crippen MR) is 88.5 cm³/mol. The van der Waals surface area contributed by atoms with E-state index < -0.39 is 0 Å². The standard InChI is InChI=1S/C19H36O2/c1-3-16-6-11-19(13-16)15-21-12-4-5-17-7-9-18(10-8-17)14-20-2/h16-19H,3-15H2,1-2H3. The first-order chi connectivity index (χ1) is 10.3. The molecule has 2 atom stereocenters. The highest BCUT2D eigenvalue weighted by atomic mass is 16.5. The highest BCUT2D eigenvalue weighted by molar-refractivity contribution is 4.75. The smallest absolute Gasteiger partial charge is 0.0494 e. The lowest BCUT2D eigenvalue weighted by Crippen LogP contribution is -2.18. The fourth-order valence-corrected chi connectivity index (χ4v) is 4.35. The van der Waals surface area contributed by atoms with Crippen molar-refractivity contribution in [3.8, 4) is 0 Å². The molecule has 0 radical (unpaired) electrons. The summed E-state index contributed by atoms with van der Waals surface area (Å²) in [5, 5.41) is 0. The average Bonchev–Trinajstić information content (AvgIpc) is 2.97. The topological polar surface area (TPSA) is 18.5 Å². The van der Waals surface area contributed by atoms with Crippen LogP contribution in [0.3, 0.4) is 0 Å². The van der Waals surface area contributed by atoms with E-state index in [1.165, 1.54) is 64.2 Å². The average molecular weight is 296 g/mol. The zero-order chi connectivity index (χ0) is 14.9. The Morgan fingerprint density at radius 1 is 0.810 bits per heavy atom. The monoisotopic (exact) mass is 296 g/mol. The van der Waals surface area contributed by atoms with Crippen LogP contribution in [0.1, 0.15) is 71.1 Å². The third kappa shape index (κ3) is 6.28. The van der Waals surface area contributed by atoms with E-state index in [0.717, 1.165) is 43.5 Å². The van der Waals surface area contributed by atoms with Crippen LogP contribution in [0.25, 0.3) is 0 Å². The van der Waals surface area contributed by atoms with Crippen LogP contribution in [0.15, 0.2) is 0 Å². The summed E-state index contributed by atoms with van der Waals surface area (Å²) in [6.45, 7) is 5.31. The van der Waals surface area contributed by atoms with Gasteiger partial charge in [-0.15, -0.1) is 0 Å². The number of ether oxygens (including phenoxy) is 2. The molecule has 2 rings (SSSR count). The van der Waals surface area contributed by atoms with Crippen LogP contribution >= 0.6 is 0 Å². The van der Waals surface area contributed by atoms with Crippen molar-refractivity contribution in [3.63, 3.8) is 0 Å². The van der Waals surface area contributed by atoms with Crippen molar-refractivity contribution >= 4 is 0 Å². The molecule has 0 aromatic rings. The number of rotatable bonds is 9. The molecule has 2 nitrogen and oxygen atoms in total. The molecule has 2 fully saturated rings. The molecule has 2 aliphatic rings. The molecule has 0 heterocycles. The zero-order valence-corrected chi connectivity index (χ0v) is 14.3. The normalized spacial score (nSPS) is 33.4. The highest BCUT2D eigenvalue weighted by Gasteiger charge is 2.23. The first kappa shape index (κ1) is 17.3. The van der Waals surface area contributed by atoms with Gasteiger partial charge >= 0.3 is 0 Å². The molecule has 0 aliphatic heterocycles. The SMILES string of the molecule is CCC1CCC(COCCCC2CCC(COC)CC2)C1. The minimum Gasteiger partial charge on any atom is -0.384 e. The molecule has 0 saturated heterocycles. The first-order valence-corrected chi connectivity index (χ1v) is 9.38. The maximum atomic E-state index is 5.94. The Morgan fingerprint density at radius 2 is 1.48 bits per heavy atom.